The van der Waals surface area contributed by atoms with Crippen LogP contribution in [-0.4, -0.2) is 57.4 Å². The van der Waals surface area contributed by atoms with Crippen molar-refractivity contribution in [2.75, 3.05) is 19.6 Å². The second-order valence-corrected chi connectivity index (χ2v) is 8.96. The highest BCUT2D eigenvalue weighted by Crippen LogP contribution is 2.47. The number of nitrogens with zero attached hydrogens (tertiary/aromatic N) is 3. The first-order chi connectivity index (χ1) is 14.2. The molecule has 0 aliphatic carbocycles. The number of hydrogen-bond donors (Lipinski definition) is 1. The largest absolute Gasteiger partial charge is 0.345 e. The summed E-state index contributed by atoms with van der Waals surface area (Å²) in [5.74, 6) is 1.18. The van der Waals surface area contributed by atoms with Gasteiger partial charge in [0.25, 0.3) is 5.91 Å². The van der Waals surface area contributed by atoms with Gasteiger partial charge in [0.1, 0.15) is 0 Å². The maximum Gasteiger partial charge on any atom is 0.254 e. The standard InChI is InChI=1S/C24H26N4O/c1-15-2-4-16(5-3-15)19-13-28(22-17-8-10-27(11-9-17)23(19)22)24(29)18-6-7-20-21(12-18)26-14-25-20/h2-7,12,14,17,19,22-23H,8-11,13H2,1H3,(H,25,26)/t19-,22+,23+/m0/s1. The Hall–Kier alpha value is -2.66. The molecule has 1 amide bonds. The lowest BCUT2D eigenvalue weighted by molar-refractivity contribution is -0.00340. The van der Waals surface area contributed by atoms with Crippen LogP contribution >= 0.6 is 0 Å². The molecule has 148 valence electrons. The Balaban J connectivity index is 1.38. The van der Waals surface area contributed by atoms with E-state index in [0.29, 0.717) is 23.9 Å². The summed E-state index contributed by atoms with van der Waals surface area (Å²) in [6, 6.07) is 15.6. The number of benzene rings is 2. The van der Waals surface area contributed by atoms with Crippen molar-refractivity contribution in [3.05, 3.63) is 65.5 Å². The van der Waals surface area contributed by atoms with Crippen molar-refractivity contribution in [2.45, 2.75) is 37.8 Å². The Bertz CT molecular complexity index is 1060. The Morgan fingerprint density at radius 3 is 2.66 bits per heavy atom. The van der Waals surface area contributed by atoms with Gasteiger partial charge in [-0.1, -0.05) is 29.8 Å². The van der Waals surface area contributed by atoms with E-state index in [1.807, 2.05) is 18.2 Å². The molecule has 2 aromatic carbocycles. The molecule has 1 aromatic heterocycles. The predicted molar refractivity (Wildman–Crippen MR) is 113 cm³/mol. The smallest absolute Gasteiger partial charge is 0.254 e. The highest BCUT2D eigenvalue weighted by Gasteiger charge is 2.54. The lowest BCUT2D eigenvalue weighted by atomic mass is 9.75. The molecule has 2 bridgehead atoms. The van der Waals surface area contributed by atoms with Gasteiger partial charge in [-0.2, -0.15) is 0 Å². The molecule has 4 saturated heterocycles. The van der Waals surface area contributed by atoms with E-state index in [1.165, 1.54) is 37.1 Å². The number of aromatic amines is 1. The van der Waals surface area contributed by atoms with Crippen molar-refractivity contribution in [1.82, 2.24) is 19.8 Å². The molecule has 1 N–H and O–H groups in total. The van der Waals surface area contributed by atoms with Gasteiger partial charge in [0.2, 0.25) is 0 Å². The van der Waals surface area contributed by atoms with E-state index in [0.717, 1.165) is 23.1 Å². The SMILES string of the molecule is Cc1ccc([C@@H]2CN(C(=O)c3ccc4nc[nH]c4c3)[C@@H]3C4CCN(CC4)[C@@H]32)cc1. The van der Waals surface area contributed by atoms with E-state index < -0.39 is 0 Å². The fourth-order valence-electron chi connectivity index (χ4n) is 6.00. The zero-order valence-corrected chi connectivity index (χ0v) is 16.7. The maximum atomic E-state index is 13.6. The van der Waals surface area contributed by atoms with Crippen molar-refractivity contribution in [3.63, 3.8) is 0 Å². The van der Waals surface area contributed by atoms with Crippen LogP contribution in [0.3, 0.4) is 0 Å². The highest BCUT2D eigenvalue weighted by molar-refractivity contribution is 5.97. The number of hydrogen-bond acceptors (Lipinski definition) is 3. The van der Waals surface area contributed by atoms with Gasteiger partial charge in [-0.15, -0.1) is 0 Å². The van der Waals surface area contributed by atoms with Gasteiger partial charge in [0.05, 0.1) is 23.4 Å². The number of imidazole rings is 1. The number of carbonyl (C=O) groups excluding carboxylic acids is 1. The molecule has 3 aromatic rings. The second kappa shape index (κ2) is 6.42. The highest BCUT2D eigenvalue weighted by atomic mass is 16.2. The third kappa shape index (κ3) is 2.64. The molecular formula is C24H26N4O. The van der Waals surface area contributed by atoms with Gasteiger partial charge < -0.3 is 9.88 Å². The summed E-state index contributed by atoms with van der Waals surface area (Å²) in [4.78, 5) is 25.9. The van der Waals surface area contributed by atoms with Gasteiger partial charge in [-0.05, 0) is 62.5 Å². The molecule has 0 radical (unpaired) electrons. The topological polar surface area (TPSA) is 52.2 Å². The zero-order valence-electron chi connectivity index (χ0n) is 16.7. The zero-order chi connectivity index (χ0) is 19.5. The number of aryl methyl sites for hydroxylation is 1. The second-order valence-electron chi connectivity index (χ2n) is 8.96. The van der Waals surface area contributed by atoms with E-state index >= 15 is 0 Å². The van der Waals surface area contributed by atoms with Crippen molar-refractivity contribution < 1.29 is 4.79 Å². The van der Waals surface area contributed by atoms with Crippen molar-refractivity contribution >= 4 is 16.9 Å². The molecule has 0 saturated carbocycles. The van der Waals surface area contributed by atoms with Gasteiger partial charge in [0.15, 0.2) is 0 Å². The summed E-state index contributed by atoms with van der Waals surface area (Å²) in [6.45, 7) is 5.30. The molecule has 0 spiro atoms. The van der Waals surface area contributed by atoms with Crippen LogP contribution in [0.4, 0.5) is 0 Å². The number of piperidine rings is 3. The molecule has 7 rings (SSSR count). The molecule has 4 aliphatic heterocycles. The van der Waals surface area contributed by atoms with Crippen LogP contribution in [0.2, 0.25) is 0 Å². The summed E-state index contributed by atoms with van der Waals surface area (Å²) in [7, 11) is 0. The number of likely N-dealkylation sites (tertiary alicyclic amines) is 1. The first kappa shape index (κ1) is 17.2. The molecule has 3 atom stereocenters. The van der Waals surface area contributed by atoms with Crippen LogP contribution in [0.5, 0.6) is 0 Å². The van der Waals surface area contributed by atoms with Crippen LogP contribution < -0.4 is 0 Å². The Labute approximate surface area is 170 Å². The first-order valence-corrected chi connectivity index (χ1v) is 10.7. The molecule has 5 heterocycles. The molecule has 29 heavy (non-hydrogen) atoms. The minimum atomic E-state index is 0.167. The van der Waals surface area contributed by atoms with Crippen LogP contribution in [0.25, 0.3) is 11.0 Å². The van der Waals surface area contributed by atoms with E-state index in [-0.39, 0.29) is 5.91 Å². The van der Waals surface area contributed by atoms with E-state index in [9.17, 15) is 4.79 Å². The fourth-order valence-corrected chi connectivity index (χ4v) is 6.00. The molecule has 0 unspecified atom stereocenters. The number of aromatic nitrogens is 2. The number of nitrogens with one attached hydrogen (secondary N) is 1. The van der Waals surface area contributed by atoms with Gasteiger partial charge >= 0.3 is 0 Å². The minimum Gasteiger partial charge on any atom is -0.345 e. The average molecular weight is 386 g/mol. The quantitative estimate of drug-likeness (QED) is 0.733. The van der Waals surface area contributed by atoms with Crippen molar-refractivity contribution in [2.24, 2.45) is 5.92 Å². The normalized spacial score (nSPS) is 30.7. The molecular weight excluding hydrogens is 360 g/mol. The lowest BCUT2D eigenvalue weighted by Crippen LogP contribution is -2.60. The Morgan fingerprint density at radius 1 is 1.07 bits per heavy atom. The summed E-state index contributed by atoms with van der Waals surface area (Å²) in [5, 5.41) is 0. The average Bonchev–Trinajstić information content (AvgIpc) is 3.40. The summed E-state index contributed by atoms with van der Waals surface area (Å²) in [6.07, 6.45) is 4.11. The summed E-state index contributed by atoms with van der Waals surface area (Å²) < 4.78 is 0. The van der Waals surface area contributed by atoms with E-state index in [2.05, 4.69) is 51.0 Å². The number of rotatable bonds is 2. The Morgan fingerprint density at radius 2 is 1.86 bits per heavy atom. The first-order valence-electron chi connectivity index (χ1n) is 10.7. The van der Waals surface area contributed by atoms with Crippen LogP contribution in [0, 0.1) is 12.8 Å². The van der Waals surface area contributed by atoms with Crippen molar-refractivity contribution in [1.29, 1.82) is 0 Å². The van der Waals surface area contributed by atoms with Crippen LogP contribution in [0.15, 0.2) is 48.8 Å². The molecule has 4 aliphatic rings. The van der Waals surface area contributed by atoms with Crippen molar-refractivity contribution in [3.8, 4) is 0 Å². The van der Waals surface area contributed by atoms with Gasteiger partial charge in [-0.25, -0.2) is 4.98 Å². The Kier molecular flexibility index (Phi) is 3.81. The molecule has 5 heteroatoms. The third-order valence-electron chi connectivity index (χ3n) is 7.43. The number of fused-ring (bicyclic) bond motifs is 3. The predicted octanol–water partition coefficient (Wildman–Crippen LogP) is 3.57. The van der Waals surface area contributed by atoms with Crippen LogP contribution in [-0.2, 0) is 0 Å². The van der Waals surface area contributed by atoms with Gasteiger partial charge in [0, 0.05) is 24.1 Å². The van der Waals surface area contributed by atoms with E-state index in [1.54, 1.807) is 6.33 Å². The fraction of sp³-hybridized carbons (Fsp3) is 0.417. The number of amides is 1. The maximum absolute atomic E-state index is 13.6. The summed E-state index contributed by atoms with van der Waals surface area (Å²) >= 11 is 0. The van der Waals surface area contributed by atoms with E-state index in [4.69, 9.17) is 0 Å². The van der Waals surface area contributed by atoms with Gasteiger partial charge in [-0.3, -0.25) is 9.69 Å². The number of H-pyrrole nitrogens is 1. The molecule has 4 fully saturated rings. The lowest BCUT2D eigenvalue weighted by Gasteiger charge is -2.51. The minimum absolute atomic E-state index is 0.167. The third-order valence-corrected chi connectivity index (χ3v) is 7.43. The monoisotopic (exact) mass is 386 g/mol. The number of carbonyl (C=O) groups is 1. The summed E-state index contributed by atoms with van der Waals surface area (Å²) in [5.41, 5.74) is 5.25. The molecule has 5 nitrogen and oxygen atoms in total. The van der Waals surface area contributed by atoms with Crippen LogP contribution in [0.1, 0.15) is 40.2 Å².